The van der Waals surface area contributed by atoms with Gasteiger partial charge in [0, 0.05) is 28.3 Å². The van der Waals surface area contributed by atoms with Gasteiger partial charge in [-0.3, -0.25) is 10.1 Å². The first-order valence-electron chi connectivity index (χ1n) is 7.12. The van der Waals surface area contributed by atoms with Crippen molar-refractivity contribution in [1.29, 1.82) is 0 Å². The highest BCUT2D eigenvalue weighted by Gasteiger charge is 2.22. The summed E-state index contributed by atoms with van der Waals surface area (Å²) in [6.07, 6.45) is 0. The van der Waals surface area contributed by atoms with Gasteiger partial charge in [-0.25, -0.2) is 4.79 Å². The number of esters is 1. The Morgan fingerprint density at radius 3 is 2.92 bits per heavy atom. The first kappa shape index (κ1) is 17.0. The molecule has 0 fully saturated rings. The van der Waals surface area contributed by atoms with Crippen LogP contribution in [0.3, 0.4) is 0 Å². The standard InChI is InChI=1S/C16H12ClNO7/c17-11-1-2-14(19)13(5-11)16(20)24-7-10-4-12(18(21)22)3-9-6-23-8-25-15(9)10/h1-5,19H,6-8H2. The van der Waals surface area contributed by atoms with Crippen LogP contribution in [0, 0.1) is 10.1 Å². The van der Waals surface area contributed by atoms with Crippen LogP contribution in [-0.2, 0) is 22.7 Å². The van der Waals surface area contributed by atoms with E-state index in [0.29, 0.717) is 16.9 Å². The molecule has 0 saturated heterocycles. The van der Waals surface area contributed by atoms with E-state index < -0.39 is 10.9 Å². The van der Waals surface area contributed by atoms with E-state index in [4.69, 9.17) is 25.8 Å². The van der Waals surface area contributed by atoms with Crippen molar-refractivity contribution >= 4 is 23.3 Å². The summed E-state index contributed by atoms with van der Waals surface area (Å²) in [6.45, 7) is -0.108. The molecule has 0 aromatic heterocycles. The number of nitro benzene ring substituents is 1. The molecule has 8 nitrogen and oxygen atoms in total. The van der Waals surface area contributed by atoms with Gasteiger partial charge in [-0.1, -0.05) is 11.6 Å². The summed E-state index contributed by atoms with van der Waals surface area (Å²) in [5, 5.41) is 21.0. The van der Waals surface area contributed by atoms with Gasteiger partial charge in [0.1, 0.15) is 23.7 Å². The lowest BCUT2D eigenvalue weighted by molar-refractivity contribution is -0.385. The van der Waals surface area contributed by atoms with E-state index in [1.165, 1.54) is 30.3 Å². The summed E-state index contributed by atoms with van der Waals surface area (Å²) in [5.74, 6) is -0.701. The summed E-state index contributed by atoms with van der Waals surface area (Å²) < 4.78 is 15.6. The average molecular weight is 366 g/mol. The Labute approximate surface area is 146 Å². The number of benzene rings is 2. The molecule has 0 saturated carbocycles. The minimum Gasteiger partial charge on any atom is -0.507 e. The van der Waals surface area contributed by atoms with Crippen molar-refractivity contribution in [1.82, 2.24) is 0 Å². The van der Waals surface area contributed by atoms with Crippen molar-refractivity contribution in [3.63, 3.8) is 0 Å². The fourth-order valence-corrected chi connectivity index (χ4v) is 2.56. The Morgan fingerprint density at radius 1 is 1.36 bits per heavy atom. The lowest BCUT2D eigenvalue weighted by Gasteiger charge is -2.20. The first-order valence-corrected chi connectivity index (χ1v) is 7.50. The molecule has 1 N–H and O–H groups in total. The lowest BCUT2D eigenvalue weighted by Crippen LogP contribution is -2.15. The maximum absolute atomic E-state index is 12.1. The van der Waals surface area contributed by atoms with Gasteiger partial charge in [0.2, 0.25) is 0 Å². The van der Waals surface area contributed by atoms with Gasteiger partial charge in [0.25, 0.3) is 5.69 Å². The van der Waals surface area contributed by atoms with Crippen LogP contribution in [-0.4, -0.2) is 22.8 Å². The summed E-state index contributed by atoms with van der Waals surface area (Å²) in [5.41, 5.74) is 0.569. The minimum atomic E-state index is -0.813. The number of non-ortho nitro benzene ring substituents is 1. The number of phenols is 1. The third kappa shape index (κ3) is 3.65. The van der Waals surface area contributed by atoms with Gasteiger partial charge >= 0.3 is 5.97 Å². The quantitative estimate of drug-likeness (QED) is 0.503. The predicted molar refractivity (Wildman–Crippen MR) is 85.6 cm³/mol. The molecule has 0 bridgehead atoms. The number of halogens is 1. The summed E-state index contributed by atoms with van der Waals surface area (Å²) in [7, 11) is 0. The molecule has 0 atom stereocenters. The van der Waals surface area contributed by atoms with Crippen LogP contribution in [0.1, 0.15) is 21.5 Å². The van der Waals surface area contributed by atoms with Gasteiger partial charge in [-0.2, -0.15) is 0 Å². The molecule has 1 aliphatic heterocycles. The first-order chi connectivity index (χ1) is 12.0. The van der Waals surface area contributed by atoms with E-state index in [2.05, 4.69) is 0 Å². The number of fused-ring (bicyclic) bond motifs is 1. The van der Waals surface area contributed by atoms with E-state index in [1.54, 1.807) is 0 Å². The molecule has 0 radical (unpaired) electrons. The highest BCUT2D eigenvalue weighted by molar-refractivity contribution is 6.31. The van der Waals surface area contributed by atoms with Gasteiger partial charge in [0.05, 0.1) is 11.5 Å². The van der Waals surface area contributed by atoms with Crippen molar-refractivity contribution < 1.29 is 29.0 Å². The van der Waals surface area contributed by atoms with E-state index in [-0.39, 0.29) is 42.0 Å². The second-order valence-corrected chi connectivity index (χ2v) is 5.63. The molecule has 1 heterocycles. The monoisotopic (exact) mass is 365 g/mol. The molecule has 0 amide bonds. The van der Waals surface area contributed by atoms with Gasteiger partial charge < -0.3 is 19.3 Å². The minimum absolute atomic E-state index is 0.000832. The normalized spacial score (nSPS) is 12.8. The van der Waals surface area contributed by atoms with E-state index in [0.717, 1.165) is 0 Å². The number of carbonyl (C=O) groups excluding carboxylic acids is 1. The van der Waals surface area contributed by atoms with Crippen LogP contribution in [0.5, 0.6) is 11.5 Å². The van der Waals surface area contributed by atoms with Crippen LogP contribution >= 0.6 is 11.6 Å². The topological polar surface area (TPSA) is 108 Å². The third-order valence-electron chi connectivity index (χ3n) is 3.52. The molecule has 9 heteroatoms. The zero-order valence-electron chi connectivity index (χ0n) is 12.7. The number of carbonyl (C=O) groups is 1. The van der Waals surface area contributed by atoms with Gasteiger partial charge in [-0.05, 0) is 18.2 Å². The van der Waals surface area contributed by atoms with Crippen LogP contribution in [0.4, 0.5) is 5.69 Å². The van der Waals surface area contributed by atoms with E-state index in [1.807, 2.05) is 0 Å². The van der Waals surface area contributed by atoms with Crippen molar-refractivity contribution in [2.45, 2.75) is 13.2 Å². The SMILES string of the molecule is O=C(OCc1cc([N+](=O)[O-])cc2c1OCOC2)c1cc(Cl)ccc1O. The number of nitrogens with zero attached hydrogens (tertiary/aromatic N) is 1. The molecule has 2 aromatic rings. The Balaban J connectivity index is 1.85. The van der Waals surface area contributed by atoms with Crippen LogP contribution in [0.25, 0.3) is 0 Å². The Kier molecular flexibility index (Phi) is 4.73. The average Bonchev–Trinajstić information content (AvgIpc) is 2.61. The molecule has 1 aliphatic rings. The van der Waals surface area contributed by atoms with E-state index >= 15 is 0 Å². The number of aromatic hydroxyl groups is 1. The van der Waals surface area contributed by atoms with Crippen molar-refractivity contribution in [3.8, 4) is 11.5 Å². The lowest BCUT2D eigenvalue weighted by atomic mass is 10.1. The number of nitro groups is 1. The number of hydrogen-bond donors (Lipinski definition) is 1. The fraction of sp³-hybridized carbons (Fsp3) is 0.188. The Hall–Kier alpha value is -2.84. The van der Waals surface area contributed by atoms with Crippen LogP contribution in [0.2, 0.25) is 5.02 Å². The fourth-order valence-electron chi connectivity index (χ4n) is 2.39. The van der Waals surface area contributed by atoms with E-state index in [9.17, 15) is 20.0 Å². The summed E-state index contributed by atoms with van der Waals surface area (Å²) in [6, 6.07) is 6.59. The number of ether oxygens (including phenoxy) is 3. The highest BCUT2D eigenvalue weighted by atomic mass is 35.5. The van der Waals surface area contributed by atoms with Gasteiger partial charge in [0.15, 0.2) is 6.79 Å². The van der Waals surface area contributed by atoms with Crippen LogP contribution < -0.4 is 4.74 Å². The molecular weight excluding hydrogens is 354 g/mol. The largest absolute Gasteiger partial charge is 0.507 e. The number of phenolic OH excluding ortho intramolecular Hbond substituents is 1. The molecule has 0 aliphatic carbocycles. The Bertz CT molecular complexity index is 853. The molecule has 3 rings (SSSR count). The Morgan fingerprint density at radius 2 is 2.16 bits per heavy atom. The summed E-state index contributed by atoms with van der Waals surface area (Å²) >= 11 is 5.80. The zero-order chi connectivity index (χ0) is 18.0. The van der Waals surface area contributed by atoms with Crippen LogP contribution in [0.15, 0.2) is 30.3 Å². The molecule has 2 aromatic carbocycles. The molecule has 130 valence electrons. The molecule has 25 heavy (non-hydrogen) atoms. The van der Waals surface area contributed by atoms with Gasteiger partial charge in [-0.15, -0.1) is 0 Å². The van der Waals surface area contributed by atoms with Crippen molar-refractivity contribution in [3.05, 3.63) is 62.2 Å². The maximum atomic E-state index is 12.1. The molecule has 0 spiro atoms. The smallest absolute Gasteiger partial charge is 0.342 e. The predicted octanol–water partition coefficient (Wildman–Crippen LogP) is 3.18. The summed E-state index contributed by atoms with van der Waals surface area (Å²) in [4.78, 5) is 22.6. The van der Waals surface area contributed by atoms with Crippen molar-refractivity contribution in [2.24, 2.45) is 0 Å². The molecule has 0 unspecified atom stereocenters. The second-order valence-electron chi connectivity index (χ2n) is 5.20. The number of hydrogen-bond acceptors (Lipinski definition) is 7. The zero-order valence-corrected chi connectivity index (χ0v) is 13.5. The maximum Gasteiger partial charge on any atom is 0.342 e. The second kappa shape index (κ2) is 6.96. The number of rotatable bonds is 4. The van der Waals surface area contributed by atoms with Crippen molar-refractivity contribution in [2.75, 3.05) is 6.79 Å². The third-order valence-corrected chi connectivity index (χ3v) is 3.75. The highest BCUT2D eigenvalue weighted by Crippen LogP contribution is 2.33. The molecular formula is C16H12ClNO7.